The number of aromatic nitrogens is 4. The molecule has 0 aliphatic rings. The van der Waals surface area contributed by atoms with Crippen LogP contribution in [0.3, 0.4) is 0 Å². The summed E-state index contributed by atoms with van der Waals surface area (Å²) in [5.74, 6) is 1.55. The van der Waals surface area contributed by atoms with Crippen molar-refractivity contribution in [1.82, 2.24) is 14.1 Å². The number of imidazole rings is 1. The van der Waals surface area contributed by atoms with E-state index < -0.39 is 60.4 Å². The van der Waals surface area contributed by atoms with Crippen LogP contribution >= 0.6 is 0 Å². The van der Waals surface area contributed by atoms with Gasteiger partial charge in [0.1, 0.15) is 5.82 Å². The smallest absolute Gasteiger partial charge is 0.268 e. The molecule has 65 heavy (non-hydrogen) atoms. The maximum absolute atomic E-state index is 9.11. The minimum Gasteiger partial charge on any atom is -0.510 e. The van der Waals surface area contributed by atoms with E-state index in [0.29, 0.717) is 28.2 Å². The fourth-order valence-corrected chi connectivity index (χ4v) is 8.44. The zero-order valence-corrected chi connectivity index (χ0v) is 37.8. The summed E-state index contributed by atoms with van der Waals surface area (Å²) in [5, 5.41) is 2.02. The van der Waals surface area contributed by atoms with Crippen molar-refractivity contribution in [1.29, 1.82) is 0 Å². The van der Waals surface area contributed by atoms with Crippen LogP contribution in [0.1, 0.15) is 40.0 Å². The third-order valence-electron chi connectivity index (χ3n) is 11.1. The van der Waals surface area contributed by atoms with Crippen LogP contribution in [0.15, 0.2) is 200 Å². The molecule has 0 aliphatic heterocycles. The largest absolute Gasteiger partial charge is 0.510 e. The first-order valence-electron chi connectivity index (χ1n) is 25.9. The van der Waals surface area contributed by atoms with Crippen LogP contribution in [-0.2, 0) is 27.5 Å². The first-order valence-corrected chi connectivity index (χ1v) is 20.9. The van der Waals surface area contributed by atoms with Gasteiger partial charge in [-0.25, -0.2) is 4.98 Å². The molecule has 0 saturated carbocycles. The van der Waals surface area contributed by atoms with E-state index in [1.165, 1.54) is 5.56 Å². The molecule has 318 valence electrons. The second-order valence-corrected chi connectivity index (χ2v) is 16.7. The fraction of sp³-hybridized carbons (Fsp3) is 0.0847. The number of ether oxygens (including phenoxy) is 1. The van der Waals surface area contributed by atoms with Crippen LogP contribution < -0.4 is 9.30 Å². The molecule has 5 nitrogen and oxygen atoms in total. The van der Waals surface area contributed by atoms with Crippen LogP contribution in [0, 0.1) is 23.9 Å². The maximum atomic E-state index is 9.11. The Labute approximate surface area is 408 Å². The van der Waals surface area contributed by atoms with Gasteiger partial charge in [0.15, 0.2) is 0 Å². The van der Waals surface area contributed by atoms with Crippen molar-refractivity contribution in [3.05, 3.63) is 224 Å². The van der Waals surface area contributed by atoms with E-state index in [-0.39, 0.29) is 54.4 Å². The van der Waals surface area contributed by atoms with Crippen LogP contribution in [0.4, 0.5) is 0 Å². The molecule has 0 amide bonds. The molecule has 6 heteroatoms. The molecular formula is C59H44N4OPt-2. The summed E-state index contributed by atoms with van der Waals surface area (Å²) < 4.78 is 100.0. The number of nitrogens with zero attached hydrogens (tertiary/aromatic N) is 4. The molecule has 11 aromatic rings. The molecule has 8 aromatic carbocycles. The Bertz CT molecular complexity index is 3950. The van der Waals surface area contributed by atoms with Crippen molar-refractivity contribution in [3.8, 4) is 62.1 Å². The Morgan fingerprint density at radius 3 is 2.05 bits per heavy atom. The molecular weight excluding hydrogens is 976 g/mol. The predicted molar refractivity (Wildman–Crippen MR) is 259 cm³/mol. The van der Waals surface area contributed by atoms with Crippen molar-refractivity contribution < 1.29 is 44.1 Å². The van der Waals surface area contributed by atoms with Crippen molar-refractivity contribution >= 4 is 32.8 Å². The number of para-hydroxylation sites is 2. The molecule has 0 fully saturated rings. The SMILES string of the molecule is [2H]c1c([2H])c([2H])c(-c2cccc(-c3c([2H])c([2H])c([2H])c([2H])c3[2H])c2-[n+]2[c-]n(-c3[c-]c(Oc4[c-]c5c(cc4)c4ccccc4n5-c4cc(CC(C)(C)C)ccn4)ccc3)c3cc(-c4ccccc4)ccc32)c([2H])c1[2H].[Pt]. The summed E-state index contributed by atoms with van der Waals surface area (Å²) in [4.78, 5) is 4.83. The molecule has 0 aliphatic carbocycles. The van der Waals surface area contributed by atoms with Crippen molar-refractivity contribution in [2.24, 2.45) is 5.41 Å². The second kappa shape index (κ2) is 17.3. The first kappa shape index (κ1) is 31.5. The van der Waals surface area contributed by atoms with Crippen LogP contribution in [-0.4, -0.2) is 14.1 Å². The fourth-order valence-electron chi connectivity index (χ4n) is 8.44. The van der Waals surface area contributed by atoms with Gasteiger partial charge in [-0.1, -0.05) is 166 Å². The number of hydrogen-bond donors (Lipinski definition) is 0. The van der Waals surface area contributed by atoms with Gasteiger partial charge in [0.25, 0.3) is 6.33 Å². The summed E-state index contributed by atoms with van der Waals surface area (Å²) in [6.07, 6.45) is 6.19. The molecule has 0 unspecified atom stereocenters. The molecule has 0 saturated heterocycles. The molecule has 0 bridgehead atoms. The van der Waals surface area contributed by atoms with Gasteiger partial charge in [-0.3, -0.25) is 4.57 Å². The van der Waals surface area contributed by atoms with Gasteiger partial charge in [-0.05, 0) is 86.1 Å². The molecule has 3 heterocycles. The summed E-state index contributed by atoms with van der Waals surface area (Å²) >= 11 is 0. The normalized spacial score (nSPS) is 13.7. The Balaban J connectivity index is 0.00000641. The van der Waals surface area contributed by atoms with Gasteiger partial charge in [0, 0.05) is 44.3 Å². The van der Waals surface area contributed by atoms with E-state index in [1.54, 1.807) is 33.4 Å². The van der Waals surface area contributed by atoms with Crippen LogP contribution in [0.25, 0.3) is 83.4 Å². The second-order valence-electron chi connectivity index (χ2n) is 16.7. The van der Waals surface area contributed by atoms with E-state index in [4.69, 9.17) is 23.4 Å². The molecule has 0 radical (unpaired) electrons. The molecule has 0 spiro atoms. The molecule has 0 N–H and O–H groups in total. The zero-order chi connectivity index (χ0) is 51.9. The predicted octanol–water partition coefficient (Wildman–Crippen LogP) is 14.2. The molecule has 11 rings (SSSR count). The Morgan fingerprint density at radius 1 is 0.615 bits per heavy atom. The van der Waals surface area contributed by atoms with Crippen molar-refractivity contribution in [2.45, 2.75) is 27.2 Å². The van der Waals surface area contributed by atoms with E-state index >= 15 is 0 Å². The molecule has 0 atom stereocenters. The van der Waals surface area contributed by atoms with E-state index in [2.05, 4.69) is 68.1 Å². The summed E-state index contributed by atoms with van der Waals surface area (Å²) in [6, 6.07) is 43.7. The van der Waals surface area contributed by atoms with Gasteiger partial charge in [0.05, 0.1) is 30.4 Å². The van der Waals surface area contributed by atoms with Crippen LogP contribution in [0.2, 0.25) is 0 Å². The van der Waals surface area contributed by atoms with E-state index in [1.807, 2.05) is 91.1 Å². The number of fused-ring (bicyclic) bond motifs is 4. The molecule has 3 aromatic heterocycles. The van der Waals surface area contributed by atoms with Gasteiger partial charge in [0.2, 0.25) is 0 Å². The van der Waals surface area contributed by atoms with Gasteiger partial charge in [-0.2, -0.15) is 18.2 Å². The topological polar surface area (TPSA) is 35.9 Å². The van der Waals surface area contributed by atoms with Crippen LogP contribution in [0.5, 0.6) is 11.5 Å². The zero-order valence-electron chi connectivity index (χ0n) is 45.5. The number of pyridine rings is 1. The van der Waals surface area contributed by atoms with Crippen molar-refractivity contribution in [3.63, 3.8) is 0 Å². The van der Waals surface area contributed by atoms with E-state index in [9.17, 15) is 0 Å². The summed E-state index contributed by atoms with van der Waals surface area (Å²) in [5.41, 5.74) is 6.52. The minimum atomic E-state index is -0.577. The summed E-state index contributed by atoms with van der Waals surface area (Å²) in [7, 11) is 0. The van der Waals surface area contributed by atoms with Gasteiger partial charge >= 0.3 is 0 Å². The number of benzene rings is 8. The first-order chi connectivity index (χ1) is 35.5. The number of rotatable bonds is 9. The standard InChI is InChI=1S/C59H44N4O.Pt/c1-59(2,3)39-41-33-34-60-57(35-41)63-53-28-14-13-25-51(53)52-31-30-48(38-55(52)63)64-47-24-15-23-46(37-47)61-40-62(54-32-29-45(36-56(54)61)42-17-7-4-8-18-42)58-49(43-19-9-5-10-20-43)26-16-27-50(58)44-21-11-6-12-22-44;/h4-36H,39H2,1-3H3;/q-2;/i5D,6D,9D,10D,11D,12D,19D,20D,21D,22D;. The quantitative estimate of drug-likeness (QED) is 0.107. The maximum Gasteiger partial charge on any atom is 0.268 e. The third kappa shape index (κ3) is 8.09. The van der Waals surface area contributed by atoms with Gasteiger partial charge in [-0.15, -0.1) is 29.7 Å². The van der Waals surface area contributed by atoms with Gasteiger partial charge < -0.3 is 13.9 Å². The Morgan fingerprint density at radius 2 is 1.31 bits per heavy atom. The van der Waals surface area contributed by atoms with Crippen molar-refractivity contribution in [2.75, 3.05) is 0 Å². The average Bonchev–Trinajstić information content (AvgIpc) is 3.95. The third-order valence-corrected chi connectivity index (χ3v) is 11.1. The number of hydrogen-bond acceptors (Lipinski definition) is 2. The monoisotopic (exact) mass is 1030 g/mol. The Hall–Kier alpha value is -7.33. The Kier molecular flexibility index (Phi) is 8.40. The van der Waals surface area contributed by atoms with E-state index in [0.717, 1.165) is 45.2 Å². The summed E-state index contributed by atoms with van der Waals surface area (Å²) in [6.45, 7) is 6.64. The minimum absolute atomic E-state index is 0. The average molecular weight is 1030 g/mol.